The number of nitriles is 1. The minimum absolute atomic E-state index is 0.0787. The number of hydrogen-bond acceptors (Lipinski definition) is 2. The molecule has 0 radical (unpaired) electrons. The molecule has 0 atom stereocenters. The molecule has 2 rings (SSSR count). The van der Waals surface area contributed by atoms with E-state index in [9.17, 15) is 9.18 Å². The Balaban J connectivity index is 1.97. The molecular weight excluding hydrogens is 267 g/mol. The van der Waals surface area contributed by atoms with Gasteiger partial charge in [-0.15, -0.1) is 0 Å². The molecule has 0 aliphatic rings. The van der Waals surface area contributed by atoms with Crippen molar-refractivity contribution in [3.05, 3.63) is 71.0 Å². The van der Waals surface area contributed by atoms with Crippen LogP contribution in [0.2, 0.25) is 0 Å². The van der Waals surface area contributed by atoms with Crippen LogP contribution in [0.3, 0.4) is 0 Å². The van der Waals surface area contributed by atoms with E-state index in [1.54, 1.807) is 36.2 Å². The number of rotatable bonds is 4. The summed E-state index contributed by atoms with van der Waals surface area (Å²) in [4.78, 5) is 13.7. The van der Waals surface area contributed by atoms with Crippen LogP contribution in [0.1, 0.15) is 16.7 Å². The summed E-state index contributed by atoms with van der Waals surface area (Å²) >= 11 is 0. The zero-order valence-electron chi connectivity index (χ0n) is 11.7. The van der Waals surface area contributed by atoms with E-state index in [2.05, 4.69) is 6.07 Å². The Morgan fingerprint density at radius 1 is 1.19 bits per heavy atom. The Labute approximate surface area is 123 Å². The van der Waals surface area contributed by atoms with Gasteiger partial charge >= 0.3 is 0 Å². The van der Waals surface area contributed by atoms with Crippen molar-refractivity contribution in [3.63, 3.8) is 0 Å². The Kier molecular flexibility index (Phi) is 4.68. The first-order chi connectivity index (χ1) is 10.1. The molecule has 106 valence electrons. The number of halogens is 1. The summed E-state index contributed by atoms with van der Waals surface area (Å²) in [5.74, 6) is -0.417. The maximum Gasteiger partial charge on any atom is 0.227 e. The smallest absolute Gasteiger partial charge is 0.227 e. The van der Waals surface area contributed by atoms with Gasteiger partial charge in [0.25, 0.3) is 0 Å². The number of benzene rings is 2. The maximum atomic E-state index is 13.1. The van der Waals surface area contributed by atoms with Gasteiger partial charge in [-0.1, -0.05) is 24.3 Å². The zero-order chi connectivity index (χ0) is 15.2. The van der Waals surface area contributed by atoms with Crippen molar-refractivity contribution in [2.75, 3.05) is 7.05 Å². The molecule has 0 bridgehead atoms. The lowest BCUT2D eigenvalue weighted by molar-refractivity contribution is -0.129. The van der Waals surface area contributed by atoms with Gasteiger partial charge in [0.15, 0.2) is 0 Å². The first kappa shape index (κ1) is 14.7. The summed E-state index contributed by atoms with van der Waals surface area (Å²) in [6.07, 6.45) is 0.171. The fourth-order valence-corrected chi connectivity index (χ4v) is 2.00. The van der Waals surface area contributed by atoms with Crippen LogP contribution in [0.15, 0.2) is 48.5 Å². The van der Waals surface area contributed by atoms with Gasteiger partial charge in [-0.25, -0.2) is 4.39 Å². The lowest BCUT2D eigenvalue weighted by Gasteiger charge is -2.17. The number of nitrogens with zero attached hydrogens (tertiary/aromatic N) is 2. The van der Waals surface area contributed by atoms with Crippen LogP contribution < -0.4 is 0 Å². The molecule has 0 fully saturated rings. The molecule has 21 heavy (non-hydrogen) atoms. The molecule has 0 heterocycles. The van der Waals surface area contributed by atoms with Gasteiger partial charge in [0.05, 0.1) is 18.1 Å². The van der Waals surface area contributed by atoms with Gasteiger partial charge in [0.2, 0.25) is 5.91 Å². The summed E-state index contributed by atoms with van der Waals surface area (Å²) in [7, 11) is 1.71. The second kappa shape index (κ2) is 6.67. The van der Waals surface area contributed by atoms with Crippen molar-refractivity contribution in [2.24, 2.45) is 0 Å². The first-order valence-electron chi connectivity index (χ1n) is 6.56. The van der Waals surface area contributed by atoms with Crippen molar-refractivity contribution in [1.82, 2.24) is 4.90 Å². The second-order valence-corrected chi connectivity index (χ2v) is 4.87. The fraction of sp³-hybridized carbons (Fsp3) is 0.176. The van der Waals surface area contributed by atoms with E-state index in [4.69, 9.17) is 5.26 Å². The monoisotopic (exact) mass is 282 g/mol. The van der Waals surface area contributed by atoms with Gasteiger partial charge in [0, 0.05) is 13.6 Å². The van der Waals surface area contributed by atoms with Crippen LogP contribution in [0.5, 0.6) is 0 Å². The van der Waals surface area contributed by atoms with E-state index >= 15 is 0 Å². The van der Waals surface area contributed by atoms with Crippen molar-refractivity contribution in [3.8, 4) is 6.07 Å². The first-order valence-corrected chi connectivity index (χ1v) is 6.56. The molecular formula is C17H15FN2O. The lowest BCUT2D eigenvalue weighted by Crippen LogP contribution is -2.27. The third-order valence-corrected chi connectivity index (χ3v) is 3.17. The maximum absolute atomic E-state index is 13.1. The summed E-state index contributed by atoms with van der Waals surface area (Å²) in [6.45, 7) is 0.458. The summed E-state index contributed by atoms with van der Waals surface area (Å²) in [5, 5.41) is 8.74. The van der Waals surface area contributed by atoms with Gasteiger partial charge in [0.1, 0.15) is 5.82 Å². The minimum Gasteiger partial charge on any atom is -0.341 e. The van der Waals surface area contributed by atoms with Gasteiger partial charge in [-0.3, -0.25) is 4.79 Å². The number of carbonyl (C=O) groups excluding carboxylic acids is 1. The predicted octanol–water partition coefficient (Wildman–Crippen LogP) is 2.90. The molecule has 3 nitrogen and oxygen atoms in total. The molecule has 0 N–H and O–H groups in total. The van der Waals surface area contributed by atoms with E-state index in [0.717, 1.165) is 5.56 Å². The number of likely N-dealkylation sites (N-methyl/N-ethyl adjacent to an activating group) is 1. The van der Waals surface area contributed by atoms with E-state index in [-0.39, 0.29) is 18.1 Å². The molecule has 0 unspecified atom stereocenters. The largest absolute Gasteiger partial charge is 0.341 e. The normalized spacial score (nSPS) is 9.95. The summed E-state index contributed by atoms with van der Waals surface area (Å²) < 4.78 is 13.1. The van der Waals surface area contributed by atoms with Crippen LogP contribution in [-0.4, -0.2) is 17.9 Å². The Morgan fingerprint density at radius 3 is 2.52 bits per heavy atom. The molecule has 1 amide bonds. The highest BCUT2D eigenvalue weighted by atomic mass is 19.1. The number of hydrogen-bond donors (Lipinski definition) is 0. The summed E-state index contributed by atoms with van der Waals surface area (Å²) in [6, 6.07) is 15.2. The standard InChI is InChI=1S/C17H15FN2O/c1-20(12-14-7-5-13(11-19)6-8-14)17(21)10-15-3-2-4-16(18)9-15/h2-9H,10,12H2,1H3. The van der Waals surface area contributed by atoms with Crippen molar-refractivity contribution >= 4 is 5.91 Å². The van der Waals surface area contributed by atoms with E-state index < -0.39 is 0 Å². The highest BCUT2D eigenvalue weighted by molar-refractivity contribution is 5.78. The predicted molar refractivity (Wildman–Crippen MR) is 77.7 cm³/mol. The Bertz CT molecular complexity index is 674. The third kappa shape index (κ3) is 4.15. The Morgan fingerprint density at radius 2 is 1.90 bits per heavy atom. The molecule has 2 aromatic carbocycles. The fourth-order valence-electron chi connectivity index (χ4n) is 2.00. The average molecular weight is 282 g/mol. The van der Waals surface area contributed by atoms with E-state index in [0.29, 0.717) is 17.7 Å². The molecule has 0 aliphatic carbocycles. The van der Waals surface area contributed by atoms with Crippen LogP contribution in [0.4, 0.5) is 4.39 Å². The van der Waals surface area contributed by atoms with Crippen molar-refractivity contribution < 1.29 is 9.18 Å². The minimum atomic E-state index is -0.338. The lowest BCUT2D eigenvalue weighted by atomic mass is 10.1. The van der Waals surface area contributed by atoms with Crippen molar-refractivity contribution in [2.45, 2.75) is 13.0 Å². The highest BCUT2D eigenvalue weighted by Crippen LogP contribution is 2.09. The molecule has 0 aromatic heterocycles. The molecule has 4 heteroatoms. The van der Waals surface area contributed by atoms with Crippen LogP contribution >= 0.6 is 0 Å². The van der Waals surface area contributed by atoms with Gasteiger partial charge in [-0.2, -0.15) is 5.26 Å². The van der Waals surface area contributed by atoms with Crippen LogP contribution in [0, 0.1) is 17.1 Å². The van der Waals surface area contributed by atoms with Gasteiger partial charge in [-0.05, 0) is 35.4 Å². The van der Waals surface area contributed by atoms with E-state index in [1.165, 1.54) is 12.1 Å². The number of carbonyl (C=O) groups is 1. The average Bonchev–Trinajstić information content (AvgIpc) is 2.48. The second-order valence-electron chi connectivity index (χ2n) is 4.87. The van der Waals surface area contributed by atoms with Crippen LogP contribution in [0.25, 0.3) is 0 Å². The Hall–Kier alpha value is -2.67. The highest BCUT2D eigenvalue weighted by Gasteiger charge is 2.10. The molecule has 0 aliphatic heterocycles. The summed E-state index contributed by atoms with van der Waals surface area (Å²) in [5.41, 5.74) is 2.20. The molecule has 2 aromatic rings. The van der Waals surface area contributed by atoms with Gasteiger partial charge < -0.3 is 4.90 Å². The SMILES string of the molecule is CN(Cc1ccc(C#N)cc1)C(=O)Cc1cccc(F)c1. The third-order valence-electron chi connectivity index (χ3n) is 3.17. The zero-order valence-corrected chi connectivity index (χ0v) is 11.7. The molecule has 0 spiro atoms. The topological polar surface area (TPSA) is 44.1 Å². The molecule has 0 saturated heterocycles. The number of amides is 1. The van der Waals surface area contributed by atoms with E-state index in [1.807, 2.05) is 12.1 Å². The van der Waals surface area contributed by atoms with Crippen molar-refractivity contribution in [1.29, 1.82) is 5.26 Å². The quantitative estimate of drug-likeness (QED) is 0.865. The van der Waals surface area contributed by atoms with Crippen LogP contribution in [-0.2, 0) is 17.8 Å². The molecule has 0 saturated carbocycles.